The van der Waals surface area contributed by atoms with Crippen LogP contribution in [0, 0.1) is 6.92 Å². The van der Waals surface area contributed by atoms with E-state index in [0.29, 0.717) is 11.8 Å². The zero-order chi connectivity index (χ0) is 12.4. The molecule has 2 aromatic rings. The molecule has 0 N–H and O–H groups in total. The summed E-state index contributed by atoms with van der Waals surface area (Å²) in [6.45, 7) is 3.95. The molecule has 18 heavy (non-hydrogen) atoms. The first-order chi connectivity index (χ1) is 8.83. The van der Waals surface area contributed by atoms with Crippen molar-refractivity contribution in [2.75, 3.05) is 18.0 Å². The van der Waals surface area contributed by atoms with E-state index in [2.05, 4.69) is 45.4 Å². The van der Waals surface area contributed by atoms with Crippen molar-refractivity contribution in [3.8, 4) is 0 Å². The average Bonchev–Trinajstić information content (AvgIpc) is 2.87. The average molecular weight is 243 g/mol. The number of hydrogen-bond donors (Lipinski definition) is 0. The molecule has 0 aliphatic carbocycles. The van der Waals surface area contributed by atoms with Gasteiger partial charge in [0.1, 0.15) is 0 Å². The summed E-state index contributed by atoms with van der Waals surface area (Å²) in [5.41, 5.74) is 1.30. The standard InChI is InChI=1S/C14H17N3O/c1-11-15-16-14(18-11)12-7-9-17(10-8-12)13-5-3-2-4-6-13/h2-6,12H,7-10H2,1H3. The Morgan fingerprint density at radius 2 is 1.83 bits per heavy atom. The van der Waals surface area contributed by atoms with Crippen LogP contribution in [0.4, 0.5) is 5.69 Å². The molecule has 1 fully saturated rings. The first kappa shape index (κ1) is 11.3. The maximum absolute atomic E-state index is 5.52. The number of benzene rings is 1. The highest BCUT2D eigenvalue weighted by molar-refractivity contribution is 5.46. The highest BCUT2D eigenvalue weighted by Gasteiger charge is 2.24. The lowest BCUT2D eigenvalue weighted by molar-refractivity contribution is 0.383. The number of anilines is 1. The lowest BCUT2D eigenvalue weighted by Gasteiger charge is -2.32. The van der Waals surface area contributed by atoms with E-state index >= 15 is 0 Å². The Bertz CT molecular complexity index is 501. The molecule has 0 radical (unpaired) electrons. The minimum atomic E-state index is 0.422. The summed E-state index contributed by atoms with van der Waals surface area (Å²) in [6.07, 6.45) is 2.16. The van der Waals surface area contributed by atoms with Gasteiger partial charge in [-0.25, -0.2) is 0 Å². The van der Waals surface area contributed by atoms with Crippen molar-refractivity contribution in [1.82, 2.24) is 10.2 Å². The van der Waals surface area contributed by atoms with Crippen LogP contribution in [0.1, 0.15) is 30.5 Å². The molecule has 1 aromatic heterocycles. The smallest absolute Gasteiger partial charge is 0.219 e. The van der Waals surface area contributed by atoms with Crippen molar-refractivity contribution in [2.45, 2.75) is 25.7 Å². The monoisotopic (exact) mass is 243 g/mol. The van der Waals surface area contributed by atoms with Gasteiger partial charge in [0, 0.05) is 31.6 Å². The van der Waals surface area contributed by atoms with Crippen molar-refractivity contribution in [3.63, 3.8) is 0 Å². The van der Waals surface area contributed by atoms with Crippen molar-refractivity contribution in [2.24, 2.45) is 0 Å². The third-order valence-corrected chi connectivity index (χ3v) is 3.51. The first-order valence-corrected chi connectivity index (χ1v) is 6.43. The summed E-state index contributed by atoms with van der Waals surface area (Å²) in [5.74, 6) is 1.89. The predicted molar refractivity (Wildman–Crippen MR) is 69.7 cm³/mol. The maximum atomic E-state index is 5.52. The minimum Gasteiger partial charge on any atom is -0.425 e. The second kappa shape index (κ2) is 4.80. The molecule has 1 aromatic carbocycles. The second-order valence-electron chi connectivity index (χ2n) is 4.76. The fourth-order valence-corrected chi connectivity index (χ4v) is 2.50. The molecule has 0 bridgehead atoms. The van der Waals surface area contributed by atoms with Crippen LogP contribution in [0.3, 0.4) is 0 Å². The normalized spacial score (nSPS) is 17.1. The zero-order valence-corrected chi connectivity index (χ0v) is 10.5. The van der Waals surface area contributed by atoms with Crippen molar-refractivity contribution < 1.29 is 4.42 Å². The molecule has 1 saturated heterocycles. The van der Waals surface area contributed by atoms with Gasteiger partial charge in [-0.1, -0.05) is 18.2 Å². The Balaban J connectivity index is 1.65. The second-order valence-corrected chi connectivity index (χ2v) is 4.76. The number of aryl methyl sites for hydroxylation is 1. The fraction of sp³-hybridized carbons (Fsp3) is 0.429. The van der Waals surface area contributed by atoms with Gasteiger partial charge in [-0.2, -0.15) is 0 Å². The summed E-state index contributed by atoms with van der Waals surface area (Å²) < 4.78 is 5.52. The Kier molecular flexibility index (Phi) is 3.00. The Labute approximate surface area is 107 Å². The lowest BCUT2D eigenvalue weighted by atomic mass is 9.96. The predicted octanol–water partition coefficient (Wildman–Crippen LogP) is 2.76. The van der Waals surface area contributed by atoms with E-state index in [4.69, 9.17) is 4.42 Å². The van der Waals surface area contributed by atoms with Crippen LogP contribution in [0.2, 0.25) is 0 Å². The van der Waals surface area contributed by atoms with Gasteiger partial charge in [-0.05, 0) is 25.0 Å². The molecule has 2 heterocycles. The van der Waals surface area contributed by atoms with Gasteiger partial charge < -0.3 is 9.32 Å². The van der Waals surface area contributed by atoms with E-state index in [1.54, 1.807) is 0 Å². The summed E-state index contributed by atoms with van der Waals surface area (Å²) in [6, 6.07) is 10.6. The van der Waals surface area contributed by atoms with Crippen LogP contribution >= 0.6 is 0 Å². The van der Waals surface area contributed by atoms with Crippen LogP contribution in [-0.4, -0.2) is 23.3 Å². The van der Waals surface area contributed by atoms with Crippen LogP contribution in [0.15, 0.2) is 34.7 Å². The number of aromatic nitrogens is 2. The number of para-hydroxylation sites is 1. The maximum Gasteiger partial charge on any atom is 0.219 e. The molecule has 0 amide bonds. The molecular formula is C14H17N3O. The van der Waals surface area contributed by atoms with E-state index in [-0.39, 0.29) is 0 Å². The quantitative estimate of drug-likeness (QED) is 0.813. The molecule has 3 rings (SSSR count). The molecule has 1 aliphatic rings. The van der Waals surface area contributed by atoms with Crippen molar-refractivity contribution in [3.05, 3.63) is 42.1 Å². The van der Waals surface area contributed by atoms with Crippen LogP contribution in [0.5, 0.6) is 0 Å². The topological polar surface area (TPSA) is 42.2 Å². The van der Waals surface area contributed by atoms with Gasteiger partial charge in [-0.15, -0.1) is 10.2 Å². The van der Waals surface area contributed by atoms with E-state index in [9.17, 15) is 0 Å². The molecule has 4 nitrogen and oxygen atoms in total. The number of hydrogen-bond acceptors (Lipinski definition) is 4. The fourth-order valence-electron chi connectivity index (χ4n) is 2.50. The zero-order valence-electron chi connectivity index (χ0n) is 10.5. The Morgan fingerprint density at radius 3 is 2.44 bits per heavy atom. The van der Waals surface area contributed by atoms with Crippen LogP contribution < -0.4 is 4.90 Å². The third-order valence-electron chi connectivity index (χ3n) is 3.51. The van der Waals surface area contributed by atoms with Gasteiger partial charge >= 0.3 is 0 Å². The number of nitrogens with zero attached hydrogens (tertiary/aromatic N) is 3. The highest BCUT2D eigenvalue weighted by Crippen LogP contribution is 2.29. The van der Waals surface area contributed by atoms with Crippen molar-refractivity contribution >= 4 is 5.69 Å². The van der Waals surface area contributed by atoms with Crippen molar-refractivity contribution in [1.29, 1.82) is 0 Å². The minimum absolute atomic E-state index is 0.422. The molecule has 4 heteroatoms. The van der Waals surface area contributed by atoms with Gasteiger partial charge in [0.05, 0.1) is 0 Å². The SMILES string of the molecule is Cc1nnc(C2CCN(c3ccccc3)CC2)o1. The summed E-state index contributed by atoms with van der Waals surface area (Å²) in [4.78, 5) is 2.42. The molecule has 0 atom stereocenters. The molecule has 0 saturated carbocycles. The number of piperidine rings is 1. The molecular weight excluding hydrogens is 226 g/mol. The van der Waals surface area contributed by atoms with Crippen LogP contribution in [0.25, 0.3) is 0 Å². The Morgan fingerprint density at radius 1 is 1.11 bits per heavy atom. The molecule has 0 unspecified atom stereocenters. The number of rotatable bonds is 2. The third kappa shape index (κ3) is 2.23. The highest BCUT2D eigenvalue weighted by atomic mass is 16.4. The van der Waals surface area contributed by atoms with E-state index in [1.165, 1.54) is 5.69 Å². The van der Waals surface area contributed by atoms with Gasteiger partial charge in [-0.3, -0.25) is 0 Å². The summed E-state index contributed by atoms with van der Waals surface area (Å²) in [5, 5.41) is 8.04. The van der Waals surface area contributed by atoms with Crippen LogP contribution in [-0.2, 0) is 0 Å². The molecule has 94 valence electrons. The lowest BCUT2D eigenvalue weighted by Crippen LogP contribution is -2.32. The van der Waals surface area contributed by atoms with E-state index < -0.39 is 0 Å². The van der Waals surface area contributed by atoms with E-state index in [0.717, 1.165) is 31.8 Å². The van der Waals surface area contributed by atoms with E-state index in [1.807, 2.05) is 6.92 Å². The van der Waals surface area contributed by atoms with Gasteiger partial charge in [0.2, 0.25) is 11.8 Å². The first-order valence-electron chi connectivity index (χ1n) is 6.43. The molecule has 0 spiro atoms. The Hall–Kier alpha value is -1.84. The largest absolute Gasteiger partial charge is 0.425 e. The summed E-state index contributed by atoms with van der Waals surface area (Å²) in [7, 11) is 0. The van der Waals surface area contributed by atoms with Gasteiger partial charge in [0.15, 0.2) is 0 Å². The van der Waals surface area contributed by atoms with Gasteiger partial charge in [0.25, 0.3) is 0 Å². The molecule has 1 aliphatic heterocycles. The summed E-state index contributed by atoms with van der Waals surface area (Å²) >= 11 is 0.